The highest BCUT2D eigenvalue weighted by molar-refractivity contribution is 9.09. The Labute approximate surface area is 90.1 Å². The Bertz CT molecular complexity index is 392. The molecule has 0 radical (unpaired) electrons. The summed E-state index contributed by atoms with van der Waals surface area (Å²) in [5.41, 5.74) is -0.405. The highest BCUT2D eigenvalue weighted by Gasteiger charge is 2.06. The van der Waals surface area contributed by atoms with E-state index in [1.807, 2.05) is 0 Å². The van der Waals surface area contributed by atoms with E-state index in [0.29, 0.717) is 12.5 Å². The van der Waals surface area contributed by atoms with Crippen LogP contribution in [0.4, 0.5) is 0 Å². The lowest BCUT2D eigenvalue weighted by Gasteiger charge is -2.12. The minimum Gasteiger partial charge on any atom is -0.268 e. The van der Waals surface area contributed by atoms with Gasteiger partial charge in [-0.15, -0.1) is 0 Å². The van der Waals surface area contributed by atoms with Gasteiger partial charge in [-0.3, -0.25) is 14.7 Å². The predicted octanol–water partition coefficient (Wildman–Crippen LogP) is 0.958. The van der Waals surface area contributed by atoms with Gasteiger partial charge in [0, 0.05) is 24.0 Å². The number of nitrogens with one attached hydrogen (secondary N) is 1. The summed E-state index contributed by atoms with van der Waals surface area (Å²) in [6, 6.07) is 2.54. The Morgan fingerprint density at radius 3 is 2.79 bits per heavy atom. The van der Waals surface area contributed by atoms with Crippen LogP contribution in [-0.2, 0) is 6.54 Å². The van der Waals surface area contributed by atoms with Crippen LogP contribution in [0.15, 0.2) is 21.7 Å². The maximum atomic E-state index is 11.3. The van der Waals surface area contributed by atoms with Crippen LogP contribution in [0.1, 0.15) is 13.3 Å². The minimum absolute atomic E-state index is 0.163. The molecule has 0 amide bonds. The third-order valence-corrected chi connectivity index (χ3v) is 3.04. The van der Waals surface area contributed by atoms with Gasteiger partial charge in [0.25, 0.3) is 11.1 Å². The summed E-state index contributed by atoms with van der Waals surface area (Å²) in [6.45, 7) is 2.61. The minimum atomic E-state index is -0.242. The van der Waals surface area contributed by atoms with E-state index in [9.17, 15) is 9.59 Å². The number of alkyl halides is 1. The topological polar surface area (TPSA) is 54.9 Å². The summed E-state index contributed by atoms with van der Waals surface area (Å²) in [7, 11) is 0. The van der Waals surface area contributed by atoms with Crippen LogP contribution < -0.4 is 11.1 Å². The Hall–Kier alpha value is -0.840. The predicted molar refractivity (Wildman–Crippen MR) is 58.9 cm³/mol. The SMILES string of the molecule is CCC(CBr)Cn1[nH]c(=O)ccc1=O. The summed E-state index contributed by atoms with van der Waals surface area (Å²) in [6.07, 6.45) is 0.967. The number of H-pyrrole nitrogens is 1. The second-order valence-corrected chi connectivity index (χ2v) is 3.83. The molecule has 4 nitrogen and oxygen atoms in total. The molecule has 0 aliphatic carbocycles. The van der Waals surface area contributed by atoms with Crippen molar-refractivity contribution in [2.24, 2.45) is 5.92 Å². The number of halogens is 1. The van der Waals surface area contributed by atoms with Crippen LogP contribution in [0.25, 0.3) is 0 Å². The van der Waals surface area contributed by atoms with E-state index in [-0.39, 0.29) is 11.1 Å². The first-order valence-corrected chi connectivity index (χ1v) is 5.65. The number of rotatable bonds is 4. The third kappa shape index (κ3) is 2.83. The van der Waals surface area contributed by atoms with Crippen LogP contribution in [0, 0.1) is 5.92 Å². The quantitative estimate of drug-likeness (QED) is 0.821. The maximum Gasteiger partial charge on any atom is 0.265 e. The lowest BCUT2D eigenvalue weighted by molar-refractivity contribution is 0.429. The summed E-state index contributed by atoms with van der Waals surface area (Å²) >= 11 is 3.37. The van der Waals surface area contributed by atoms with Gasteiger partial charge in [-0.1, -0.05) is 29.3 Å². The molecule has 1 aromatic rings. The molecule has 1 unspecified atom stereocenters. The number of nitrogens with zero attached hydrogens (tertiary/aromatic N) is 1. The first-order chi connectivity index (χ1) is 6.67. The number of aromatic amines is 1. The molecule has 1 aromatic heterocycles. The van der Waals surface area contributed by atoms with Gasteiger partial charge in [-0.2, -0.15) is 0 Å². The zero-order valence-electron chi connectivity index (χ0n) is 8.00. The molecule has 0 aromatic carbocycles. The molecule has 0 spiro atoms. The highest BCUT2D eigenvalue weighted by atomic mass is 79.9. The van der Waals surface area contributed by atoms with Crippen molar-refractivity contribution in [2.75, 3.05) is 5.33 Å². The van der Waals surface area contributed by atoms with Crippen molar-refractivity contribution in [3.63, 3.8) is 0 Å². The van der Waals surface area contributed by atoms with Gasteiger partial charge < -0.3 is 0 Å². The van der Waals surface area contributed by atoms with Gasteiger partial charge in [0.05, 0.1) is 0 Å². The van der Waals surface area contributed by atoms with Crippen molar-refractivity contribution in [2.45, 2.75) is 19.9 Å². The molecule has 5 heteroatoms. The fraction of sp³-hybridized carbons (Fsp3) is 0.556. The fourth-order valence-corrected chi connectivity index (χ4v) is 1.81. The zero-order valence-corrected chi connectivity index (χ0v) is 9.58. The molecular weight excluding hydrogens is 248 g/mol. The van der Waals surface area contributed by atoms with Crippen LogP contribution in [-0.4, -0.2) is 15.1 Å². The fourth-order valence-electron chi connectivity index (χ4n) is 1.14. The third-order valence-electron chi connectivity index (χ3n) is 2.12. The van der Waals surface area contributed by atoms with E-state index < -0.39 is 0 Å². The first-order valence-electron chi connectivity index (χ1n) is 4.53. The number of aromatic nitrogens is 2. The monoisotopic (exact) mass is 260 g/mol. The van der Waals surface area contributed by atoms with Crippen molar-refractivity contribution in [1.29, 1.82) is 0 Å². The van der Waals surface area contributed by atoms with Gasteiger partial charge >= 0.3 is 0 Å². The van der Waals surface area contributed by atoms with Gasteiger partial charge in [-0.05, 0) is 5.92 Å². The Morgan fingerprint density at radius 2 is 2.21 bits per heavy atom. The van der Waals surface area contributed by atoms with E-state index in [1.165, 1.54) is 16.8 Å². The highest BCUT2D eigenvalue weighted by Crippen LogP contribution is 2.07. The molecule has 0 bridgehead atoms. The Morgan fingerprint density at radius 1 is 1.50 bits per heavy atom. The molecule has 1 N–H and O–H groups in total. The van der Waals surface area contributed by atoms with Crippen molar-refractivity contribution in [3.05, 3.63) is 32.8 Å². The first kappa shape index (κ1) is 11.2. The molecule has 0 saturated carbocycles. The smallest absolute Gasteiger partial charge is 0.265 e. The van der Waals surface area contributed by atoms with E-state index in [0.717, 1.165) is 11.8 Å². The second kappa shape index (κ2) is 5.14. The molecule has 1 heterocycles. The van der Waals surface area contributed by atoms with Crippen molar-refractivity contribution >= 4 is 15.9 Å². The van der Waals surface area contributed by atoms with Crippen LogP contribution in [0.2, 0.25) is 0 Å². The molecule has 1 atom stereocenters. The lowest BCUT2D eigenvalue weighted by Crippen LogP contribution is -2.30. The van der Waals surface area contributed by atoms with Crippen molar-refractivity contribution in [3.8, 4) is 0 Å². The van der Waals surface area contributed by atoms with Crippen molar-refractivity contribution in [1.82, 2.24) is 9.78 Å². The average molecular weight is 261 g/mol. The van der Waals surface area contributed by atoms with E-state index in [2.05, 4.69) is 28.0 Å². The molecule has 0 aliphatic rings. The Balaban J connectivity index is 2.90. The van der Waals surface area contributed by atoms with E-state index in [1.54, 1.807) is 0 Å². The molecule has 1 rings (SSSR count). The van der Waals surface area contributed by atoms with Crippen LogP contribution in [0.3, 0.4) is 0 Å². The van der Waals surface area contributed by atoms with Gasteiger partial charge in [0.15, 0.2) is 0 Å². The molecule has 78 valence electrons. The molecule has 0 fully saturated rings. The molecule has 0 saturated heterocycles. The maximum absolute atomic E-state index is 11.3. The van der Waals surface area contributed by atoms with E-state index in [4.69, 9.17) is 0 Å². The zero-order chi connectivity index (χ0) is 10.6. The largest absolute Gasteiger partial charge is 0.268 e. The summed E-state index contributed by atoms with van der Waals surface area (Å²) in [5.74, 6) is 0.366. The average Bonchev–Trinajstić information content (AvgIpc) is 2.19. The van der Waals surface area contributed by atoms with Gasteiger partial charge in [0.1, 0.15) is 0 Å². The normalized spacial score (nSPS) is 12.7. The molecule has 0 aliphatic heterocycles. The summed E-state index contributed by atoms with van der Waals surface area (Å²) < 4.78 is 1.36. The number of hydrogen-bond acceptors (Lipinski definition) is 2. The molecule has 14 heavy (non-hydrogen) atoms. The van der Waals surface area contributed by atoms with Gasteiger partial charge in [0.2, 0.25) is 0 Å². The molecular formula is C9H13BrN2O2. The Kier molecular flexibility index (Phi) is 4.13. The van der Waals surface area contributed by atoms with Crippen LogP contribution >= 0.6 is 15.9 Å². The van der Waals surface area contributed by atoms with Gasteiger partial charge in [-0.25, -0.2) is 4.68 Å². The number of hydrogen-bond donors (Lipinski definition) is 1. The summed E-state index contributed by atoms with van der Waals surface area (Å²) in [4.78, 5) is 22.3. The van der Waals surface area contributed by atoms with E-state index >= 15 is 0 Å². The van der Waals surface area contributed by atoms with Crippen molar-refractivity contribution < 1.29 is 0 Å². The van der Waals surface area contributed by atoms with Crippen LogP contribution in [0.5, 0.6) is 0 Å². The summed E-state index contributed by atoms with van der Waals surface area (Å²) in [5, 5.41) is 3.33. The lowest BCUT2D eigenvalue weighted by atomic mass is 10.1. The second-order valence-electron chi connectivity index (χ2n) is 3.19. The standard InChI is InChI=1S/C9H13BrN2O2/c1-2-7(5-10)6-12-9(14)4-3-8(13)11-12/h3-4,7H,2,5-6H2,1H3,(H,11,13).